The summed E-state index contributed by atoms with van der Waals surface area (Å²) in [5, 5.41) is 20.2. The molecule has 9 nitrogen and oxygen atoms in total. The minimum Gasteiger partial charge on any atom is -0.504 e. The van der Waals surface area contributed by atoms with E-state index in [9.17, 15) is 15.0 Å². The third-order valence-electron chi connectivity index (χ3n) is 3.82. The van der Waals surface area contributed by atoms with Crippen molar-refractivity contribution in [2.75, 3.05) is 52.5 Å². The summed E-state index contributed by atoms with van der Waals surface area (Å²) >= 11 is 1.30. The van der Waals surface area contributed by atoms with E-state index in [1.165, 1.54) is 11.8 Å². The van der Waals surface area contributed by atoms with E-state index < -0.39 is 11.5 Å². The number of carbonyl (C=O) groups is 1. The molecule has 0 aromatic heterocycles. The molecule has 0 aliphatic carbocycles. The maximum atomic E-state index is 11.3. The molecule has 0 bridgehead atoms. The molecule has 1 heterocycles. The van der Waals surface area contributed by atoms with E-state index in [4.69, 9.17) is 18.9 Å². The fraction of sp³-hybridized carbons (Fsp3) is 0.556. The smallest absolute Gasteiger partial charge is 0.332 e. The Labute approximate surface area is 190 Å². The molecular weight excluding hydrogens is 415 g/mol. The van der Waals surface area contributed by atoms with Crippen LogP contribution in [0.5, 0.6) is 11.5 Å². The summed E-state index contributed by atoms with van der Waals surface area (Å²) in [5.41, 5.74) is -0.711. The van der Waals surface area contributed by atoms with Crippen molar-refractivity contribution in [3.63, 3.8) is 0 Å². The molecule has 0 amide bonds. The topological polar surface area (TPSA) is 138 Å². The number of thioether (sulfide) groups is 1. The molecule has 2 radical (unpaired) electrons. The van der Waals surface area contributed by atoms with Crippen molar-refractivity contribution in [3.05, 3.63) is 23.8 Å². The highest BCUT2D eigenvalue weighted by Gasteiger charge is 2.39. The number of carboxylic acids is 1. The van der Waals surface area contributed by atoms with Crippen molar-refractivity contribution >= 4 is 45.8 Å². The first-order valence-corrected chi connectivity index (χ1v) is 9.52. The first kappa shape index (κ1) is 27.9. The van der Waals surface area contributed by atoms with Crippen LogP contribution in [0.25, 0.3) is 0 Å². The van der Waals surface area contributed by atoms with Gasteiger partial charge in [-0.15, -0.1) is 11.8 Å². The predicted octanol–water partition coefficient (Wildman–Crippen LogP) is 0.582. The van der Waals surface area contributed by atoms with E-state index in [1.807, 2.05) is 0 Å². The second kappa shape index (κ2) is 14.0. The molecule has 0 unspecified atom stereocenters. The van der Waals surface area contributed by atoms with Gasteiger partial charge in [0.15, 0.2) is 17.0 Å². The minimum atomic E-state index is -1.18. The maximum absolute atomic E-state index is 11.3. The number of aliphatic carboxylic acids is 1. The first-order valence-electron chi connectivity index (χ1n) is 8.53. The Balaban J connectivity index is 0.00000392. The first-order chi connectivity index (χ1) is 13.0. The van der Waals surface area contributed by atoms with Crippen molar-refractivity contribution in [2.24, 2.45) is 4.99 Å². The number of phenols is 1. The van der Waals surface area contributed by atoms with E-state index >= 15 is 0 Å². The monoisotopic (exact) mass is 441 g/mol. The summed E-state index contributed by atoms with van der Waals surface area (Å²) in [6, 6.07) is 5.06. The van der Waals surface area contributed by atoms with Crippen LogP contribution in [-0.4, -0.2) is 108 Å². The molecule has 1 aliphatic rings. The number of aliphatic imine (C=N–C) groups is 1. The molecule has 1 aromatic rings. The second-order valence-corrected chi connectivity index (χ2v) is 6.97. The lowest BCUT2D eigenvalue weighted by Crippen LogP contribution is -2.33. The number of phenolic OH excluding ortho intramolecular Hbond substituents is 1. The Morgan fingerprint density at radius 1 is 1.17 bits per heavy atom. The van der Waals surface area contributed by atoms with Gasteiger partial charge in [0.05, 0.1) is 38.6 Å². The third kappa shape index (κ3) is 8.28. The van der Waals surface area contributed by atoms with Crippen molar-refractivity contribution in [1.29, 1.82) is 0 Å². The maximum Gasteiger partial charge on any atom is 0.332 e. The van der Waals surface area contributed by atoms with Gasteiger partial charge in [0.25, 0.3) is 0 Å². The SMILES string of the molecule is COCCOCCOCCOc1cccc(C2=N[C@@](C)(C(=O)O)CS2)c1O.O.[Mg]. The fourth-order valence-electron chi connectivity index (χ4n) is 2.23. The molecule has 29 heavy (non-hydrogen) atoms. The molecule has 0 fully saturated rings. The summed E-state index contributed by atoms with van der Waals surface area (Å²) in [4.78, 5) is 15.6. The van der Waals surface area contributed by atoms with Gasteiger partial charge >= 0.3 is 5.97 Å². The summed E-state index contributed by atoms with van der Waals surface area (Å²) in [6.45, 7) is 4.17. The minimum absolute atomic E-state index is 0. The average Bonchev–Trinajstić information content (AvgIpc) is 3.05. The van der Waals surface area contributed by atoms with Crippen LogP contribution in [0, 0.1) is 0 Å². The highest BCUT2D eigenvalue weighted by molar-refractivity contribution is 8.14. The highest BCUT2D eigenvalue weighted by Crippen LogP contribution is 2.37. The van der Waals surface area contributed by atoms with Crippen molar-refractivity contribution in [1.82, 2.24) is 0 Å². The number of methoxy groups -OCH3 is 1. The number of ether oxygens (including phenoxy) is 4. The van der Waals surface area contributed by atoms with Crippen molar-refractivity contribution in [3.8, 4) is 11.5 Å². The van der Waals surface area contributed by atoms with E-state index in [0.29, 0.717) is 55.1 Å². The standard InChI is InChI=1S/C18H25NO7S.Mg.H2O/c1-18(17(21)22)12-27-16(19-18)13-4-3-5-14(15(13)20)26-11-10-25-9-8-24-7-6-23-2;;/h3-5,20H,6-12H2,1-2H3,(H,21,22);;1H2/t18-;;/m1../s1. The molecule has 4 N–H and O–H groups in total. The lowest BCUT2D eigenvalue weighted by Gasteiger charge is -2.12. The van der Waals surface area contributed by atoms with Crippen LogP contribution in [0.15, 0.2) is 23.2 Å². The molecule has 1 atom stereocenters. The zero-order valence-electron chi connectivity index (χ0n) is 16.7. The van der Waals surface area contributed by atoms with E-state index in [-0.39, 0.29) is 40.9 Å². The Bertz CT molecular complexity index is 675. The normalized spacial score (nSPS) is 17.8. The average molecular weight is 442 g/mol. The van der Waals surface area contributed by atoms with Crippen LogP contribution < -0.4 is 4.74 Å². The number of rotatable bonds is 12. The zero-order chi connectivity index (χ0) is 19.7. The number of para-hydroxylation sites is 1. The lowest BCUT2D eigenvalue weighted by molar-refractivity contribution is -0.141. The van der Waals surface area contributed by atoms with Crippen LogP contribution in [-0.2, 0) is 19.0 Å². The van der Waals surface area contributed by atoms with E-state index in [2.05, 4.69) is 4.99 Å². The molecule has 0 spiro atoms. The number of aromatic hydroxyl groups is 1. The third-order valence-corrected chi connectivity index (χ3v) is 5.11. The van der Waals surface area contributed by atoms with E-state index in [1.54, 1.807) is 32.2 Å². The summed E-state index contributed by atoms with van der Waals surface area (Å²) in [7, 11) is 1.62. The van der Waals surface area contributed by atoms with Gasteiger partial charge < -0.3 is 34.6 Å². The van der Waals surface area contributed by atoms with Crippen molar-refractivity contribution < 1.29 is 39.4 Å². The molecular formula is C18H27MgNO8S. The van der Waals surface area contributed by atoms with Crippen LogP contribution in [0.1, 0.15) is 12.5 Å². The summed E-state index contributed by atoms with van der Waals surface area (Å²) in [6.07, 6.45) is 0. The Morgan fingerprint density at radius 3 is 2.38 bits per heavy atom. The van der Waals surface area contributed by atoms with Crippen LogP contribution >= 0.6 is 11.8 Å². The predicted molar refractivity (Wildman–Crippen MR) is 112 cm³/mol. The van der Waals surface area contributed by atoms with Gasteiger partial charge in [0.2, 0.25) is 0 Å². The molecule has 2 rings (SSSR count). The molecule has 1 aromatic carbocycles. The Morgan fingerprint density at radius 2 is 1.79 bits per heavy atom. The summed E-state index contributed by atoms with van der Waals surface area (Å²) in [5.74, 6) is -0.413. The van der Waals surface area contributed by atoms with Crippen LogP contribution in [0.3, 0.4) is 0 Å². The van der Waals surface area contributed by atoms with Gasteiger partial charge in [-0.05, 0) is 19.1 Å². The van der Waals surface area contributed by atoms with Crippen molar-refractivity contribution in [2.45, 2.75) is 12.5 Å². The number of hydrogen-bond donors (Lipinski definition) is 2. The number of benzene rings is 1. The van der Waals surface area contributed by atoms with E-state index in [0.717, 1.165) is 0 Å². The van der Waals surface area contributed by atoms with Gasteiger partial charge in [-0.2, -0.15) is 0 Å². The number of carboxylic acid groups (broad SMARTS) is 1. The van der Waals surface area contributed by atoms with Gasteiger partial charge in [0.1, 0.15) is 11.7 Å². The van der Waals surface area contributed by atoms with Gasteiger partial charge in [-0.3, -0.25) is 4.99 Å². The number of nitrogens with zero attached hydrogens (tertiary/aromatic N) is 1. The number of hydrogen-bond acceptors (Lipinski definition) is 8. The molecule has 0 saturated carbocycles. The fourth-order valence-corrected chi connectivity index (χ4v) is 3.42. The molecule has 0 saturated heterocycles. The van der Waals surface area contributed by atoms with Crippen LogP contribution in [0.2, 0.25) is 0 Å². The second-order valence-electron chi connectivity index (χ2n) is 6.00. The molecule has 160 valence electrons. The lowest BCUT2D eigenvalue weighted by atomic mass is 10.1. The quantitative estimate of drug-likeness (QED) is 0.355. The Kier molecular flexibility index (Phi) is 13.5. The van der Waals surface area contributed by atoms with Gasteiger partial charge in [-0.1, -0.05) is 6.07 Å². The zero-order valence-corrected chi connectivity index (χ0v) is 18.9. The molecule has 11 heteroatoms. The highest BCUT2D eigenvalue weighted by atomic mass is 32.2. The summed E-state index contributed by atoms with van der Waals surface area (Å²) < 4.78 is 21.1. The largest absolute Gasteiger partial charge is 0.504 e. The Hall–Kier alpha value is -1.08. The van der Waals surface area contributed by atoms with Crippen LogP contribution in [0.4, 0.5) is 0 Å². The van der Waals surface area contributed by atoms with Gasteiger partial charge in [-0.25, -0.2) is 4.79 Å². The molecule has 1 aliphatic heterocycles. The van der Waals surface area contributed by atoms with Gasteiger partial charge in [0, 0.05) is 35.9 Å².